The number of hydrogen-bond acceptors (Lipinski definition) is 7. The number of thiophene rings is 1. The van der Waals surface area contributed by atoms with E-state index >= 15 is 0 Å². The third-order valence-corrected chi connectivity index (χ3v) is 6.76. The van der Waals surface area contributed by atoms with Crippen LogP contribution in [0.4, 0.5) is 11.5 Å². The molecule has 0 saturated heterocycles. The van der Waals surface area contributed by atoms with Gasteiger partial charge in [-0.3, -0.25) is 0 Å². The maximum absolute atomic E-state index is 11.0. The monoisotopic (exact) mass is 422 g/mol. The molecule has 3 heterocycles. The lowest BCUT2D eigenvalue weighted by molar-refractivity contribution is 0.285. The molecule has 0 radical (unpaired) electrons. The van der Waals surface area contributed by atoms with Crippen LogP contribution >= 0.6 is 11.3 Å². The van der Waals surface area contributed by atoms with Crippen LogP contribution in [0.15, 0.2) is 40.8 Å². The van der Waals surface area contributed by atoms with E-state index in [0.29, 0.717) is 18.1 Å². The topological polar surface area (TPSA) is 78.9 Å². The van der Waals surface area contributed by atoms with Crippen molar-refractivity contribution in [3.8, 4) is 5.88 Å². The molecule has 3 aromatic heterocycles. The van der Waals surface area contributed by atoms with E-state index in [2.05, 4.69) is 45.9 Å². The predicted octanol–water partition coefficient (Wildman–Crippen LogP) is 5.73. The standard InChI is InChI=1S/C22H26N6OS/c1-5-27(6-2)11-12-28-17-10-8-7-9-16(17)19(22(28)29)25-26-20-18-14(3)15(4)30-21(18)24-13-23-20/h7-10,13,29H,5-6,11-12H2,1-4H3. The lowest BCUT2D eigenvalue weighted by Gasteiger charge is -2.18. The summed E-state index contributed by atoms with van der Waals surface area (Å²) in [7, 11) is 0. The van der Waals surface area contributed by atoms with Gasteiger partial charge >= 0.3 is 0 Å². The minimum absolute atomic E-state index is 0.135. The van der Waals surface area contributed by atoms with Crippen molar-refractivity contribution in [2.45, 2.75) is 34.2 Å². The number of aryl methyl sites for hydroxylation is 2. The average Bonchev–Trinajstić information content (AvgIpc) is 3.20. The number of fused-ring (bicyclic) bond motifs is 2. The Labute approximate surface area is 179 Å². The second-order valence-corrected chi connectivity index (χ2v) is 8.43. The van der Waals surface area contributed by atoms with Gasteiger partial charge in [0.25, 0.3) is 0 Å². The van der Waals surface area contributed by atoms with Crippen LogP contribution in [0, 0.1) is 13.8 Å². The van der Waals surface area contributed by atoms with Crippen molar-refractivity contribution in [1.29, 1.82) is 0 Å². The number of likely N-dealkylation sites (N-methyl/N-ethyl adjacent to an activating group) is 1. The Morgan fingerprint density at radius 1 is 1.10 bits per heavy atom. The molecular weight excluding hydrogens is 396 g/mol. The SMILES string of the molecule is CCN(CC)CCn1c(O)c(N=Nc2ncnc3sc(C)c(C)c23)c2ccccc21. The molecule has 0 spiro atoms. The Kier molecular flexibility index (Phi) is 5.78. The van der Waals surface area contributed by atoms with E-state index in [0.717, 1.165) is 46.3 Å². The zero-order valence-corrected chi connectivity index (χ0v) is 18.6. The van der Waals surface area contributed by atoms with Crippen LogP contribution in [0.1, 0.15) is 24.3 Å². The number of para-hydroxylation sites is 1. The van der Waals surface area contributed by atoms with Crippen LogP contribution in [-0.4, -0.2) is 44.2 Å². The van der Waals surface area contributed by atoms with Crippen molar-refractivity contribution in [1.82, 2.24) is 19.4 Å². The molecule has 1 N–H and O–H groups in total. The molecule has 0 fully saturated rings. The summed E-state index contributed by atoms with van der Waals surface area (Å²) in [5, 5.41) is 21.7. The predicted molar refractivity (Wildman–Crippen MR) is 122 cm³/mol. The molecule has 0 aliphatic rings. The van der Waals surface area contributed by atoms with Gasteiger partial charge in [-0.2, -0.15) is 0 Å². The zero-order valence-electron chi connectivity index (χ0n) is 17.8. The summed E-state index contributed by atoms with van der Waals surface area (Å²) in [5.74, 6) is 0.664. The molecule has 30 heavy (non-hydrogen) atoms. The van der Waals surface area contributed by atoms with Crippen molar-refractivity contribution in [2.75, 3.05) is 19.6 Å². The second-order valence-electron chi connectivity index (χ2n) is 7.23. The van der Waals surface area contributed by atoms with E-state index < -0.39 is 0 Å². The molecule has 4 rings (SSSR count). The number of benzene rings is 1. The van der Waals surface area contributed by atoms with Crippen LogP contribution in [0.25, 0.3) is 21.1 Å². The fourth-order valence-electron chi connectivity index (χ4n) is 3.71. The largest absolute Gasteiger partial charge is 0.493 e. The molecular formula is C22H26N6OS. The summed E-state index contributed by atoms with van der Waals surface area (Å²) in [6.45, 7) is 11.9. The van der Waals surface area contributed by atoms with Crippen molar-refractivity contribution >= 4 is 44.0 Å². The Bertz CT molecular complexity index is 1220. The summed E-state index contributed by atoms with van der Waals surface area (Å²) in [5.41, 5.74) is 2.54. The summed E-state index contributed by atoms with van der Waals surface area (Å²) in [6.07, 6.45) is 1.51. The minimum Gasteiger partial charge on any atom is -0.493 e. The van der Waals surface area contributed by atoms with Gasteiger partial charge in [0.2, 0.25) is 5.88 Å². The van der Waals surface area contributed by atoms with Crippen LogP contribution in [0.5, 0.6) is 5.88 Å². The van der Waals surface area contributed by atoms with E-state index in [9.17, 15) is 5.11 Å². The summed E-state index contributed by atoms with van der Waals surface area (Å²) in [6, 6.07) is 7.89. The van der Waals surface area contributed by atoms with E-state index in [1.807, 2.05) is 35.8 Å². The van der Waals surface area contributed by atoms with Gasteiger partial charge in [0.1, 0.15) is 11.2 Å². The molecule has 0 aliphatic carbocycles. The van der Waals surface area contributed by atoms with Crippen LogP contribution in [0.3, 0.4) is 0 Å². The van der Waals surface area contributed by atoms with Crippen LogP contribution < -0.4 is 0 Å². The number of azo groups is 1. The lowest BCUT2D eigenvalue weighted by atomic mass is 10.2. The first-order valence-corrected chi connectivity index (χ1v) is 11.0. The molecule has 156 valence electrons. The van der Waals surface area contributed by atoms with Crippen LogP contribution in [0.2, 0.25) is 0 Å². The molecule has 4 aromatic rings. The first-order valence-electron chi connectivity index (χ1n) is 10.2. The highest BCUT2D eigenvalue weighted by Crippen LogP contribution is 2.40. The fourth-order valence-corrected chi connectivity index (χ4v) is 4.71. The fraction of sp³-hybridized carbons (Fsp3) is 0.364. The van der Waals surface area contributed by atoms with Gasteiger partial charge in [0.15, 0.2) is 11.5 Å². The summed E-state index contributed by atoms with van der Waals surface area (Å²) < 4.78 is 1.91. The molecule has 0 bridgehead atoms. The Hall–Kier alpha value is -2.84. The van der Waals surface area contributed by atoms with Gasteiger partial charge < -0.3 is 14.6 Å². The molecule has 0 amide bonds. The van der Waals surface area contributed by atoms with Crippen molar-refractivity contribution in [3.05, 3.63) is 41.0 Å². The van der Waals surface area contributed by atoms with E-state index in [1.54, 1.807) is 11.3 Å². The zero-order chi connectivity index (χ0) is 21.3. The van der Waals surface area contributed by atoms with Gasteiger partial charge in [0.05, 0.1) is 10.9 Å². The number of aromatic nitrogens is 3. The molecule has 8 heteroatoms. The highest BCUT2D eigenvalue weighted by molar-refractivity contribution is 7.18. The Morgan fingerprint density at radius 3 is 2.63 bits per heavy atom. The quantitative estimate of drug-likeness (QED) is 0.386. The number of nitrogens with zero attached hydrogens (tertiary/aromatic N) is 6. The highest BCUT2D eigenvalue weighted by Gasteiger charge is 2.17. The van der Waals surface area contributed by atoms with Crippen molar-refractivity contribution in [3.63, 3.8) is 0 Å². The van der Waals surface area contributed by atoms with Crippen LogP contribution in [-0.2, 0) is 6.54 Å². The van der Waals surface area contributed by atoms with E-state index in [-0.39, 0.29) is 5.88 Å². The molecule has 1 aromatic carbocycles. The summed E-state index contributed by atoms with van der Waals surface area (Å²) in [4.78, 5) is 13.1. The van der Waals surface area contributed by atoms with Crippen molar-refractivity contribution < 1.29 is 5.11 Å². The van der Waals surface area contributed by atoms with E-state index in [1.165, 1.54) is 11.2 Å². The number of aromatic hydroxyl groups is 1. The molecule has 0 atom stereocenters. The first-order chi connectivity index (χ1) is 14.5. The molecule has 7 nitrogen and oxygen atoms in total. The number of hydrogen-bond donors (Lipinski definition) is 1. The number of rotatable bonds is 7. The van der Waals surface area contributed by atoms with Gasteiger partial charge in [0, 0.05) is 23.4 Å². The Morgan fingerprint density at radius 2 is 1.87 bits per heavy atom. The van der Waals surface area contributed by atoms with Gasteiger partial charge in [-0.25, -0.2) is 9.97 Å². The third kappa shape index (κ3) is 3.57. The molecule has 0 unspecified atom stereocenters. The van der Waals surface area contributed by atoms with Gasteiger partial charge in [-0.1, -0.05) is 32.0 Å². The smallest absolute Gasteiger partial charge is 0.220 e. The lowest BCUT2D eigenvalue weighted by Crippen LogP contribution is -2.26. The maximum atomic E-state index is 11.0. The van der Waals surface area contributed by atoms with E-state index in [4.69, 9.17) is 0 Å². The molecule has 0 aliphatic heterocycles. The third-order valence-electron chi connectivity index (χ3n) is 5.64. The first kappa shape index (κ1) is 20.4. The normalized spacial score (nSPS) is 12.2. The summed E-state index contributed by atoms with van der Waals surface area (Å²) >= 11 is 1.63. The highest BCUT2D eigenvalue weighted by atomic mass is 32.1. The molecule has 0 saturated carbocycles. The van der Waals surface area contributed by atoms with Gasteiger partial charge in [-0.05, 0) is 38.6 Å². The van der Waals surface area contributed by atoms with Crippen molar-refractivity contribution in [2.24, 2.45) is 10.2 Å². The Balaban J connectivity index is 1.76. The second kappa shape index (κ2) is 8.49. The average molecular weight is 423 g/mol. The minimum atomic E-state index is 0.135. The van der Waals surface area contributed by atoms with Gasteiger partial charge in [-0.15, -0.1) is 21.6 Å². The maximum Gasteiger partial charge on any atom is 0.220 e.